The molecule has 2 aromatic rings. The van der Waals surface area contributed by atoms with Gasteiger partial charge < -0.3 is 15.1 Å². The summed E-state index contributed by atoms with van der Waals surface area (Å²) in [6.45, 7) is 7.07. The lowest BCUT2D eigenvalue weighted by Crippen LogP contribution is -3.13. The fraction of sp³-hybridized carbons (Fsp3) is 0.316. The van der Waals surface area contributed by atoms with Gasteiger partial charge in [-0.05, 0) is 36.8 Å². The van der Waals surface area contributed by atoms with Gasteiger partial charge in [-0.1, -0.05) is 36.4 Å². The van der Waals surface area contributed by atoms with Gasteiger partial charge in [0, 0.05) is 5.56 Å². The highest BCUT2D eigenvalue weighted by molar-refractivity contribution is 7.80. The third kappa shape index (κ3) is 4.10. The standard InChI is InChI=1S/C19H22FN3S/c1-15-6-2-3-7-16(15)14-22-10-12-23(13-11-22)19(24)21-18-9-5-4-8-17(18)20/h2-9H,10-14H2,1H3,(H,21,24)/p+1. The lowest BCUT2D eigenvalue weighted by atomic mass is 10.1. The summed E-state index contributed by atoms with van der Waals surface area (Å²) in [6.07, 6.45) is 0. The Labute approximate surface area is 148 Å². The van der Waals surface area contributed by atoms with Gasteiger partial charge in [0.25, 0.3) is 0 Å². The van der Waals surface area contributed by atoms with Gasteiger partial charge in [-0.25, -0.2) is 4.39 Å². The van der Waals surface area contributed by atoms with Crippen LogP contribution in [0.15, 0.2) is 48.5 Å². The summed E-state index contributed by atoms with van der Waals surface area (Å²) >= 11 is 5.44. The molecule has 0 aliphatic carbocycles. The molecule has 0 amide bonds. The van der Waals surface area contributed by atoms with Crippen LogP contribution in [0, 0.1) is 12.7 Å². The van der Waals surface area contributed by atoms with E-state index < -0.39 is 0 Å². The molecule has 1 fully saturated rings. The maximum atomic E-state index is 13.7. The third-order valence-electron chi connectivity index (χ3n) is 4.57. The van der Waals surface area contributed by atoms with Crippen molar-refractivity contribution in [2.24, 2.45) is 0 Å². The largest absolute Gasteiger partial charge is 0.338 e. The van der Waals surface area contributed by atoms with Crippen LogP contribution in [0.4, 0.5) is 10.1 Å². The van der Waals surface area contributed by atoms with E-state index in [1.807, 2.05) is 0 Å². The molecular formula is C19H23FN3S+. The zero-order chi connectivity index (χ0) is 16.9. The van der Waals surface area contributed by atoms with Crippen LogP contribution in [0.1, 0.15) is 11.1 Å². The minimum atomic E-state index is -0.274. The number of benzene rings is 2. The van der Waals surface area contributed by atoms with Crippen LogP contribution in [0.25, 0.3) is 0 Å². The molecule has 2 aromatic carbocycles. The molecule has 1 aliphatic heterocycles. The number of aryl methyl sites for hydroxylation is 1. The highest BCUT2D eigenvalue weighted by atomic mass is 32.1. The van der Waals surface area contributed by atoms with Crippen LogP contribution in [0.5, 0.6) is 0 Å². The minimum Gasteiger partial charge on any atom is -0.338 e. The predicted octanol–water partition coefficient (Wildman–Crippen LogP) is 2.23. The average molecular weight is 344 g/mol. The molecule has 0 spiro atoms. The monoisotopic (exact) mass is 344 g/mol. The summed E-state index contributed by atoms with van der Waals surface area (Å²) in [6, 6.07) is 15.2. The van der Waals surface area contributed by atoms with Crippen molar-refractivity contribution in [3.63, 3.8) is 0 Å². The van der Waals surface area contributed by atoms with E-state index in [1.165, 1.54) is 17.2 Å². The van der Waals surface area contributed by atoms with E-state index in [2.05, 4.69) is 41.4 Å². The molecule has 0 radical (unpaired) electrons. The van der Waals surface area contributed by atoms with Gasteiger partial charge in [-0.15, -0.1) is 0 Å². The number of rotatable bonds is 3. The number of nitrogens with one attached hydrogen (secondary N) is 2. The Kier molecular flexibility index (Phi) is 5.43. The molecule has 5 heteroatoms. The van der Waals surface area contributed by atoms with Crippen LogP contribution in [-0.2, 0) is 6.54 Å². The Balaban J connectivity index is 1.52. The fourth-order valence-corrected chi connectivity index (χ4v) is 3.33. The van der Waals surface area contributed by atoms with E-state index in [0.717, 1.165) is 32.7 Å². The molecule has 1 saturated heterocycles. The van der Waals surface area contributed by atoms with E-state index in [0.29, 0.717) is 10.8 Å². The maximum absolute atomic E-state index is 13.7. The number of quaternary nitrogens is 1. The molecule has 0 bridgehead atoms. The number of para-hydroxylation sites is 1. The maximum Gasteiger partial charge on any atom is 0.173 e. The molecule has 0 atom stereocenters. The quantitative estimate of drug-likeness (QED) is 0.833. The Morgan fingerprint density at radius 3 is 2.50 bits per heavy atom. The van der Waals surface area contributed by atoms with Crippen LogP contribution in [0.2, 0.25) is 0 Å². The third-order valence-corrected chi connectivity index (χ3v) is 4.94. The second-order valence-corrected chi connectivity index (χ2v) is 6.64. The van der Waals surface area contributed by atoms with Gasteiger partial charge in [0.15, 0.2) is 5.11 Å². The first-order chi connectivity index (χ1) is 11.6. The van der Waals surface area contributed by atoms with Crippen molar-refractivity contribution < 1.29 is 9.29 Å². The lowest BCUT2D eigenvalue weighted by Gasteiger charge is -2.34. The number of nitrogens with zero attached hydrogens (tertiary/aromatic N) is 1. The molecule has 24 heavy (non-hydrogen) atoms. The fourth-order valence-electron chi connectivity index (χ4n) is 3.04. The Bertz CT molecular complexity index is 711. The topological polar surface area (TPSA) is 19.7 Å². The Morgan fingerprint density at radius 1 is 1.12 bits per heavy atom. The van der Waals surface area contributed by atoms with E-state index in [9.17, 15) is 4.39 Å². The van der Waals surface area contributed by atoms with E-state index in [4.69, 9.17) is 12.2 Å². The van der Waals surface area contributed by atoms with Gasteiger partial charge in [-0.2, -0.15) is 0 Å². The molecule has 1 aliphatic rings. The molecule has 1 heterocycles. The Morgan fingerprint density at radius 2 is 1.79 bits per heavy atom. The van der Waals surface area contributed by atoms with E-state index >= 15 is 0 Å². The molecule has 0 unspecified atom stereocenters. The van der Waals surface area contributed by atoms with Gasteiger partial charge in [0.1, 0.15) is 12.4 Å². The van der Waals surface area contributed by atoms with Gasteiger partial charge >= 0.3 is 0 Å². The summed E-state index contributed by atoms with van der Waals surface area (Å²) in [5.41, 5.74) is 3.20. The lowest BCUT2D eigenvalue weighted by molar-refractivity contribution is -0.917. The summed E-state index contributed by atoms with van der Waals surface area (Å²) in [7, 11) is 0. The number of halogens is 1. The normalized spacial score (nSPS) is 15.3. The summed E-state index contributed by atoms with van der Waals surface area (Å²) in [5, 5.41) is 3.63. The molecule has 3 nitrogen and oxygen atoms in total. The summed E-state index contributed by atoms with van der Waals surface area (Å²) < 4.78 is 13.7. The van der Waals surface area contributed by atoms with Gasteiger partial charge in [-0.3, -0.25) is 0 Å². The molecule has 2 N–H and O–H groups in total. The number of anilines is 1. The van der Waals surface area contributed by atoms with E-state index in [1.54, 1.807) is 23.1 Å². The summed E-state index contributed by atoms with van der Waals surface area (Å²) in [5.74, 6) is -0.274. The SMILES string of the molecule is Cc1ccccc1C[NH+]1CCN(C(=S)Nc2ccccc2F)CC1. The molecule has 0 aromatic heterocycles. The Hall–Kier alpha value is -1.98. The van der Waals surface area contributed by atoms with Crippen molar-refractivity contribution in [2.45, 2.75) is 13.5 Å². The first kappa shape index (κ1) is 16.9. The van der Waals surface area contributed by atoms with Crippen LogP contribution in [0.3, 0.4) is 0 Å². The minimum absolute atomic E-state index is 0.274. The van der Waals surface area contributed by atoms with Crippen molar-refractivity contribution in [1.82, 2.24) is 4.90 Å². The molecule has 126 valence electrons. The first-order valence-electron chi connectivity index (χ1n) is 8.32. The number of thiocarbonyl (C=S) groups is 1. The number of piperazine rings is 1. The van der Waals surface area contributed by atoms with Crippen LogP contribution in [-0.4, -0.2) is 36.2 Å². The molecular weight excluding hydrogens is 321 g/mol. The van der Waals surface area contributed by atoms with Crippen molar-refractivity contribution in [3.05, 3.63) is 65.5 Å². The first-order valence-corrected chi connectivity index (χ1v) is 8.73. The predicted molar refractivity (Wildman–Crippen MR) is 99.8 cm³/mol. The molecule has 0 saturated carbocycles. The highest BCUT2D eigenvalue weighted by Gasteiger charge is 2.22. The van der Waals surface area contributed by atoms with Crippen LogP contribution < -0.4 is 10.2 Å². The number of hydrogen-bond acceptors (Lipinski definition) is 1. The van der Waals surface area contributed by atoms with Crippen molar-refractivity contribution in [1.29, 1.82) is 0 Å². The van der Waals surface area contributed by atoms with E-state index in [-0.39, 0.29) is 5.82 Å². The second-order valence-electron chi connectivity index (χ2n) is 6.25. The van der Waals surface area contributed by atoms with Crippen molar-refractivity contribution in [2.75, 3.05) is 31.5 Å². The molecule has 3 rings (SSSR count). The smallest absolute Gasteiger partial charge is 0.173 e. The summed E-state index contributed by atoms with van der Waals surface area (Å²) in [4.78, 5) is 3.69. The average Bonchev–Trinajstić information content (AvgIpc) is 2.59. The van der Waals surface area contributed by atoms with Crippen LogP contribution >= 0.6 is 12.2 Å². The zero-order valence-corrected chi connectivity index (χ0v) is 14.7. The van der Waals surface area contributed by atoms with Crippen molar-refractivity contribution in [3.8, 4) is 0 Å². The second kappa shape index (κ2) is 7.73. The van der Waals surface area contributed by atoms with Gasteiger partial charge in [0.2, 0.25) is 0 Å². The number of hydrogen-bond donors (Lipinski definition) is 2. The van der Waals surface area contributed by atoms with Gasteiger partial charge in [0.05, 0.1) is 31.9 Å². The zero-order valence-electron chi connectivity index (χ0n) is 13.9. The highest BCUT2D eigenvalue weighted by Crippen LogP contribution is 2.13. The van der Waals surface area contributed by atoms with Crippen molar-refractivity contribution >= 4 is 23.0 Å².